The number of alkyl halides is 6. The number of allylic oxidation sites excluding steroid dienone is 3. The quantitative estimate of drug-likeness (QED) is 0.0346. The first-order valence-electron chi connectivity index (χ1n) is 44.1. The van der Waals surface area contributed by atoms with Crippen molar-refractivity contribution < 1.29 is 75.5 Å². The van der Waals surface area contributed by atoms with E-state index in [0.717, 1.165) is 86.3 Å². The summed E-state index contributed by atoms with van der Waals surface area (Å²) in [4.78, 5) is 64.3. The largest absolute Gasteiger partial charge is 0.522 e. The van der Waals surface area contributed by atoms with E-state index in [-0.39, 0.29) is 92.9 Å². The summed E-state index contributed by atoms with van der Waals surface area (Å²) in [5, 5.41) is 22.7. The molecule has 12 aromatic rings. The number of carbonyl (C=O) groups excluding carboxylic acids is 3. The summed E-state index contributed by atoms with van der Waals surface area (Å²) in [5.74, 6) is 6.20. The maximum atomic E-state index is 14.8. The average Bonchev–Trinajstić information content (AvgIpc) is 1.31. The van der Waals surface area contributed by atoms with Crippen LogP contribution in [0.15, 0.2) is 191 Å². The summed E-state index contributed by atoms with van der Waals surface area (Å²) < 4.78 is 195. The van der Waals surface area contributed by atoms with Gasteiger partial charge in [0.25, 0.3) is 10.0 Å². The number of nitrogens with zero attached hydrogens (tertiary/aromatic N) is 17. The van der Waals surface area contributed by atoms with Crippen LogP contribution < -0.4 is 0 Å². The topological polar surface area (TPSA) is 281 Å². The summed E-state index contributed by atoms with van der Waals surface area (Å²) in [5.41, 5.74) is 4.19. The van der Waals surface area contributed by atoms with Gasteiger partial charge >= 0.3 is 12.5 Å². The molecule has 9 atom stereocenters. The van der Waals surface area contributed by atoms with Gasteiger partial charge in [-0.2, -0.15) is 43.0 Å². The molecule has 0 bridgehead atoms. The number of pyridine rings is 1. The van der Waals surface area contributed by atoms with Crippen molar-refractivity contribution in [1.29, 1.82) is 0 Å². The van der Waals surface area contributed by atoms with E-state index < -0.39 is 100 Å². The van der Waals surface area contributed by atoms with E-state index in [1.165, 1.54) is 105 Å². The zero-order valence-corrected chi connectivity index (χ0v) is 79.8. The number of thiazole rings is 2. The van der Waals surface area contributed by atoms with Crippen LogP contribution in [-0.2, 0) is 91.4 Å². The molecule has 0 N–H and O–H groups in total. The molecule has 9 aromatic heterocycles. The van der Waals surface area contributed by atoms with Crippen LogP contribution in [-0.4, -0.2) is 171 Å². The zero-order chi connectivity index (χ0) is 96.4. The van der Waals surface area contributed by atoms with Crippen molar-refractivity contribution in [1.82, 2.24) is 82.0 Å². The number of rotatable bonds is 22. The van der Waals surface area contributed by atoms with Crippen molar-refractivity contribution in [3.05, 3.63) is 258 Å². The van der Waals surface area contributed by atoms with Crippen LogP contribution in [0.4, 0.5) is 39.5 Å². The number of hydrogen-bond acceptors (Lipinski definition) is 19. The maximum absolute atomic E-state index is 14.8. The van der Waals surface area contributed by atoms with Crippen LogP contribution in [0.5, 0.6) is 0 Å². The number of aryl methyl sites for hydroxylation is 3. The first kappa shape index (κ1) is 95.5. The van der Waals surface area contributed by atoms with Gasteiger partial charge in [0.1, 0.15) is 23.1 Å². The van der Waals surface area contributed by atoms with Gasteiger partial charge in [-0.3, -0.25) is 37.7 Å². The molecule has 0 aliphatic heterocycles. The van der Waals surface area contributed by atoms with Gasteiger partial charge in [-0.1, -0.05) is 65.2 Å². The monoisotopic (exact) mass is 1950 g/mol. The van der Waals surface area contributed by atoms with Crippen LogP contribution in [0.3, 0.4) is 0 Å². The van der Waals surface area contributed by atoms with E-state index in [4.69, 9.17) is 0 Å². The fourth-order valence-electron chi connectivity index (χ4n) is 19.7. The molecular weight excluding hydrogens is 1850 g/mol. The van der Waals surface area contributed by atoms with Gasteiger partial charge < -0.3 is 4.57 Å². The lowest BCUT2D eigenvalue weighted by Crippen LogP contribution is -2.51. The van der Waals surface area contributed by atoms with Crippen molar-refractivity contribution in [2.24, 2.45) is 43.3 Å². The highest BCUT2D eigenvalue weighted by molar-refractivity contribution is 8.01. The third-order valence-electron chi connectivity index (χ3n) is 26.9. The Labute approximate surface area is 783 Å². The first-order valence-corrected chi connectivity index (χ1v) is 50.6. The molecule has 0 saturated heterocycles. The van der Waals surface area contributed by atoms with Gasteiger partial charge in [0, 0.05) is 108 Å². The summed E-state index contributed by atoms with van der Waals surface area (Å²) in [6, 6.07) is 18.1. The second-order valence-electron chi connectivity index (χ2n) is 38.0. The lowest BCUT2D eigenvalue weighted by molar-refractivity contribution is -0.324. The fraction of sp³-hybridized carbons (Fsp3) is 0.396. The summed E-state index contributed by atoms with van der Waals surface area (Å²) in [6.07, 6.45) is 21.1. The highest BCUT2D eigenvalue weighted by atomic mass is 32.2. The summed E-state index contributed by atoms with van der Waals surface area (Å²) in [7, 11) is -4.92. The predicted molar refractivity (Wildman–Crippen MR) is 496 cm³/mol. The van der Waals surface area contributed by atoms with Crippen LogP contribution in [0.2, 0.25) is 0 Å². The van der Waals surface area contributed by atoms with Gasteiger partial charge in [-0.05, 0) is 238 Å². The number of imidazole rings is 1. The molecule has 7 aliphatic rings. The van der Waals surface area contributed by atoms with Crippen molar-refractivity contribution in [2.45, 2.75) is 200 Å². The van der Waals surface area contributed by atoms with E-state index >= 15 is 0 Å². The molecule has 3 aromatic carbocycles. The number of ether oxygens (including phenoxy) is 1. The Kier molecular flexibility index (Phi) is 25.3. The normalized spacial score (nSPS) is 21.7. The minimum Gasteiger partial charge on any atom is -0.339 e. The Morgan fingerprint density at radius 3 is 1.38 bits per heavy atom. The lowest BCUT2D eigenvalue weighted by Gasteiger charge is -2.47. The van der Waals surface area contributed by atoms with Crippen molar-refractivity contribution >= 4 is 99.2 Å². The molecule has 135 heavy (non-hydrogen) atoms. The standard InChI is InChI=1S/C32H29F7N6O3S.C32H35FN6O3S2.C32H36FN5O2S2/c1-43-19-26(18-41-43)49(2,47)44(11-12-48-32(37,38)39)25-6-3-21-14-28-20(17-42-45(28)24-7-4-23(33)5-8-24)15-30(21,16-25)29(46)27-13-22(9-10-40-27)31(34,35)36;1-31(2,3)27-17-34-30(43-27)29(40)32-14-20-16-36-38(23-9-6-22(33)7-10-23)26(20)13-21(32)5-8-25(15-32)39(24-11-12-24)44(41,42)28-18-37(4)19-35-28;1-20(42(6,40)26-17-35-37(5)19-26)21-7-8-23-13-27-22(16-36-38(27)25-11-9-24(33)10-12-25)15-32(23,14-21)29(39)30-34-18-28(41-30)31(2,3)4/h4-5,7-10,13-14,17-19,25H,2-3,6,11-12,15-16H2,1H3;6-7,9-10,13,16-19,24-25H,5,8,11-12,14-15H2,1-4H3;9-13,16-21H,6-8,14-15H2,1-5H3/t25-,30-,49?;25-,32-;20-,21+,32-,42?/m001/s1. The molecule has 710 valence electrons. The van der Waals surface area contributed by atoms with Gasteiger partial charge in [0.05, 0.1) is 119 Å². The highest BCUT2D eigenvalue weighted by Gasteiger charge is 2.57. The average molecular weight is 1950 g/mol. The minimum atomic E-state index is -4.97. The number of sulfonamides is 1. The van der Waals surface area contributed by atoms with Crippen LogP contribution in [0.1, 0.15) is 198 Å². The summed E-state index contributed by atoms with van der Waals surface area (Å²) >= 11 is 2.89. The molecular formula is C96H100F9N17O8S5. The van der Waals surface area contributed by atoms with Crippen LogP contribution >= 0.6 is 22.7 Å². The number of aromatic nitrogens is 15. The Balaban J connectivity index is 0.000000141. The highest BCUT2D eigenvalue weighted by Crippen LogP contribution is 2.58. The Morgan fingerprint density at radius 2 is 0.963 bits per heavy atom. The van der Waals surface area contributed by atoms with Crippen LogP contribution in [0.25, 0.3) is 35.3 Å². The number of Topliss-reactive ketones (excluding diaryl/α,β-unsaturated/α-hetero) is 3. The maximum Gasteiger partial charge on any atom is 0.522 e. The fourth-order valence-corrected chi connectivity index (χ4v) is 27.2. The molecule has 4 saturated carbocycles. The van der Waals surface area contributed by atoms with Gasteiger partial charge in [0.15, 0.2) is 20.8 Å². The number of benzene rings is 3. The van der Waals surface area contributed by atoms with Gasteiger partial charge in [-0.25, -0.2) is 59.1 Å². The minimum absolute atomic E-state index is 0.00653. The number of halogens is 9. The lowest BCUT2D eigenvalue weighted by atomic mass is 9.59. The Bertz CT molecular complexity index is 7040. The second-order valence-corrected chi connectivity index (χ2v) is 46.8. The van der Waals surface area contributed by atoms with E-state index in [9.17, 15) is 70.7 Å². The Hall–Kier alpha value is -11.2. The molecule has 19 rings (SSSR count). The second kappa shape index (κ2) is 35.7. The van der Waals surface area contributed by atoms with Crippen molar-refractivity contribution in [3.8, 4) is 17.1 Å². The Morgan fingerprint density at radius 1 is 0.526 bits per heavy atom. The molecule has 0 radical (unpaired) electrons. The van der Waals surface area contributed by atoms with E-state index in [1.807, 2.05) is 24.0 Å². The third-order valence-corrected chi connectivity index (χ3v) is 36.4. The number of ketones is 3. The van der Waals surface area contributed by atoms with Crippen LogP contribution in [0, 0.1) is 39.6 Å². The summed E-state index contributed by atoms with van der Waals surface area (Å²) in [6.45, 7) is 13.3. The first-order chi connectivity index (χ1) is 63.6. The molecule has 0 amide bonds. The molecule has 9 heterocycles. The molecule has 7 aliphatic carbocycles. The predicted octanol–water partition coefficient (Wildman–Crippen LogP) is 18.0. The number of carbonyl (C=O) groups is 3. The molecule has 39 heteroatoms. The van der Waals surface area contributed by atoms with E-state index in [0.29, 0.717) is 88.4 Å². The molecule has 25 nitrogen and oxygen atoms in total. The van der Waals surface area contributed by atoms with Crippen molar-refractivity contribution in [3.63, 3.8) is 0 Å². The SMILES string of the molecule is C=S(=O)(c1cnn(C)c1)N(CCOC(F)(F)F)[C@H]1CCC2=Cc3c(cnn3-c3ccc(F)cc3)C[C@]2(C(=O)c2cc(C(F)(F)F)ccn2)C1.C=S(=O)(c1cnn(C)c1)[C@H](C)[C@H]1CCC2=Cc3c(cnn3-c3ccc(F)cc3)C[C@]2(C(=O)c2ncc(C(C)(C)C)s2)C1.Cn1cnc(S(=O)(=O)N(C2CC2)[C@H]2CCC3=Cc4c(cnn4-c4ccc(F)cc4)C[C@]3(C(=O)c3ncc(C(C)(C)C)s3)C2)c1. The van der Waals surface area contributed by atoms with E-state index in [1.54, 1.807) is 105 Å². The molecule has 2 unspecified atom stereocenters. The molecule has 4 fully saturated rings. The molecule has 0 spiro atoms. The van der Waals surface area contributed by atoms with Gasteiger partial charge in [-0.15, -0.1) is 35.8 Å². The number of hydrogen-bond donors (Lipinski definition) is 0. The third kappa shape index (κ3) is 18.7. The van der Waals surface area contributed by atoms with Gasteiger partial charge in [0.2, 0.25) is 11.6 Å². The van der Waals surface area contributed by atoms with E-state index in [2.05, 4.69) is 116 Å². The smallest absolute Gasteiger partial charge is 0.339 e. The van der Waals surface area contributed by atoms with Crippen molar-refractivity contribution in [2.75, 3.05) is 13.2 Å². The number of fused-ring (bicyclic) bond motifs is 6. The zero-order valence-electron chi connectivity index (χ0n) is 75.7.